The molecular weight excluding hydrogens is 646 g/mol. The van der Waals surface area contributed by atoms with E-state index < -0.39 is 10.0 Å². The number of hydrogen-bond donors (Lipinski definition) is 1. The lowest BCUT2D eigenvalue weighted by Crippen LogP contribution is -2.68. The van der Waals surface area contributed by atoms with Crippen molar-refractivity contribution in [2.75, 3.05) is 18.0 Å². The first kappa shape index (κ1) is 30.7. The van der Waals surface area contributed by atoms with Crippen LogP contribution in [0.3, 0.4) is 0 Å². The SMILES string of the molecule is Cc1ccc(S(=O)(=O)n2c(-c3ncc(C)o3)cc3c(-c4ccc(N5CC6CC(C5)N6Cc5cc(F)ccc5O)nc4)c(C#N)cnc32)cc1. The van der Waals surface area contributed by atoms with Gasteiger partial charge in [-0.25, -0.2) is 31.7 Å². The monoisotopic (exact) mass is 675 g/mol. The molecule has 2 bridgehead atoms. The Hall–Kier alpha value is -5.58. The number of piperidine rings is 1. The minimum Gasteiger partial charge on any atom is -0.508 e. The Labute approximate surface area is 281 Å². The van der Waals surface area contributed by atoms with E-state index in [-0.39, 0.29) is 51.3 Å². The molecule has 49 heavy (non-hydrogen) atoms. The zero-order chi connectivity index (χ0) is 34.0. The van der Waals surface area contributed by atoms with Gasteiger partial charge < -0.3 is 14.4 Å². The summed E-state index contributed by atoms with van der Waals surface area (Å²) in [5.74, 6) is 1.10. The lowest BCUT2D eigenvalue weighted by atomic mass is 9.86. The number of hydrogen-bond acceptors (Lipinski definition) is 10. The van der Waals surface area contributed by atoms with E-state index in [4.69, 9.17) is 9.40 Å². The van der Waals surface area contributed by atoms with Crippen molar-refractivity contribution in [2.24, 2.45) is 0 Å². The number of nitriles is 1. The summed E-state index contributed by atoms with van der Waals surface area (Å²) in [7, 11) is -4.17. The van der Waals surface area contributed by atoms with Crippen LogP contribution in [-0.2, 0) is 16.6 Å². The van der Waals surface area contributed by atoms with E-state index in [2.05, 4.69) is 25.8 Å². The molecule has 4 aromatic heterocycles. The van der Waals surface area contributed by atoms with Gasteiger partial charge in [-0.1, -0.05) is 17.7 Å². The first-order valence-electron chi connectivity index (χ1n) is 15.7. The standard InChI is InChI=1S/C36H30FN7O4S/c1-21-3-7-29(8-4-21)49(46,47)44-31(36-41-15-22(2)48-36)13-30-34(25(14-38)17-40-35(30)44)23-5-10-33(39-16-23)42-19-27-12-28(20-42)43(27)18-24-11-26(37)6-9-32(24)45/h3-11,13,15-17,27-28,45H,12,18-20H2,1-2H3. The van der Waals surface area contributed by atoms with E-state index in [9.17, 15) is 23.2 Å². The predicted molar refractivity (Wildman–Crippen MR) is 180 cm³/mol. The molecule has 0 aliphatic carbocycles. The fourth-order valence-electron chi connectivity index (χ4n) is 6.93. The fourth-order valence-corrected chi connectivity index (χ4v) is 8.39. The number of piperazine rings is 1. The Bertz CT molecular complexity index is 2390. The molecule has 13 heteroatoms. The Balaban J connectivity index is 1.15. The molecule has 0 saturated carbocycles. The first-order chi connectivity index (χ1) is 23.6. The third-order valence-electron chi connectivity index (χ3n) is 9.41. The summed E-state index contributed by atoms with van der Waals surface area (Å²) in [6, 6.07) is 18.7. The van der Waals surface area contributed by atoms with Crippen LogP contribution in [-0.4, -0.2) is 62.5 Å². The molecular formula is C36H30FN7O4S. The maximum atomic E-state index is 14.2. The number of rotatable bonds is 7. The van der Waals surface area contributed by atoms with Crippen molar-refractivity contribution < 1.29 is 22.3 Å². The van der Waals surface area contributed by atoms with Crippen LogP contribution in [0.4, 0.5) is 10.2 Å². The highest BCUT2D eigenvalue weighted by molar-refractivity contribution is 7.90. The van der Waals surface area contributed by atoms with Crippen molar-refractivity contribution in [2.45, 2.75) is 43.8 Å². The number of aromatic hydroxyl groups is 1. The quantitative estimate of drug-likeness (QED) is 0.221. The molecule has 9 rings (SSSR count). The normalized spacial score (nSPS) is 17.6. The van der Waals surface area contributed by atoms with Crippen LogP contribution in [0.25, 0.3) is 33.7 Å². The summed E-state index contributed by atoms with van der Waals surface area (Å²) in [6.07, 6.45) is 5.59. The van der Waals surface area contributed by atoms with Gasteiger partial charge in [-0.3, -0.25) is 4.90 Å². The van der Waals surface area contributed by atoms with Crippen molar-refractivity contribution >= 4 is 26.9 Å². The summed E-state index contributed by atoms with van der Waals surface area (Å²) < 4.78 is 49.1. The van der Waals surface area contributed by atoms with Crippen LogP contribution in [0.1, 0.15) is 28.9 Å². The van der Waals surface area contributed by atoms with Crippen molar-refractivity contribution in [1.82, 2.24) is 23.8 Å². The third-order valence-corrected chi connectivity index (χ3v) is 11.1. The summed E-state index contributed by atoms with van der Waals surface area (Å²) in [4.78, 5) is 18.1. The van der Waals surface area contributed by atoms with Gasteiger partial charge in [0, 0.05) is 66.2 Å². The van der Waals surface area contributed by atoms with Gasteiger partial charge >= 0.3 is 0 Å². The highest BCUT2D eigenvalue weighted by Gasteiger charge is 2.45. The summed E-state index contributed by atoms with van der Waals surface area (Å²) in [5.41, 5.74) is 3.18. The van der Waals surface area contributed by atoms with Crippen molar-refractivity contribution in [3.8, 4) is 34.5 Å². The number of aryl methyl sites for hydroxylation is 2. The number of fused-ring (bicyclic) bond motifs is 3. The number of nitrogens with zero attached hydrogens (tertiary/aromatic N) is 7. The topological polar surface area (TPSA) is 141 Å². The Morgan fingerprint density at radius 1 is 0.980 bits per heavy atom. The first-order valence-corrected chi connectivity index (χ1v) is 17.2. The number of anilines is 1. The fraction of sp³-hybridized carbons (Fsp3) is 0.222. The Morgan fingerprint density at radius 3 is 2.43 bits per heavy atom. The second-order valence-corrected chi connectivity index (χ2v) is 14.4. The molecule has 0 amide bonds. The summed E-state index contributed by atoms with van der Waals surface area (Å²) >= 11 is 0. The molecule has 6 aromatic rings. The highest BCUT2D eigenvalue weighted by Crippen LogP contribution is 2.40. The van der Waals surface area contributed by atoms with Crippen LogP contribution in [0, 0.1) is 31.0 Å². The zero-order valence-corrected chi connectivity index (χ0v) is 27.4. The van der Waals surface area contributed by atoms with Crippen molar-refractivity contribution in [1.29, 1.82) is 5.26 Å². The number of oxazole rings is 1. The largest absolute Gasteiger partial charge is 0.508 e. The maximum Gasteiger partial charge on any atom is 0.270 e. The Kier molecular flexibility index (Phi) is 7.24. The van der Waals surface area contributed by atoms with E-state index in [1.54, 1.807) is 43.5 Å². The van der Waals surface area contributed by atoms with E-state index >= 15 is 0 Å². The van der Waals surface area contributed by atoms with Crippen molar-refractivity contribution in [3.63, 3.8) is 0 Å². The molecule has 3 aliphatic rings. The van der Waals surface area contributed by atoms with E-state index in [0.29, 0.717) is 34.4 Å². The maximum absolute atomic E-state index is 14.2. The minimum absolute atomic E-state index is 0.0738. The molecule has 2 aromatic carbocycles. The highest BCUT2D eigenvalue weighted by atomic mass is 32.2. The van der Waals surface area contributed by atoms with E-state index in [1.165, 1.54) is 30.6 Å². The van der Waals surface area contributed by atoms with Crippen LogP contribution in [0.2, 0.25) is 0 Å². The second kappa shape index (κ2) is 11.5. The van der Waals surface area contributed by atoms with Gasteiger partial charge in [0.25, 0.3) is 10.0 Å². The van der Waals surface area contributed by atoms with Crippen molar-refractivity contribution in [3.05, 3.63) is 108 Å². The lowest BCUT2D eigenvalue weighted by Gasteiger charge is -2.56. The average Bonchev–Trinajstić information content (AvgIpc) is 3.72. The molecule has 3 saturated heterocycles. The zero-order valence-electron chi connectivity index (χ0n) is 26.6. The molecule has 0 radical (unpaired) electrons. The van der Waals surface area contributed by atoms with Crippen LogP contribution >= 0.6 is 0 Å². The van der Waals surface area contributed by atoms with Gasteiger partial charge in [0.1, 0.15) is 34.9 Å². The molecule has 7 heterocycles. The van der Waals surface area contributed by atoms with Crippen LogP contribution in [0.15, 0.2) is 88.6 Å². The smallest absolute Gasteiger partial charge is 0.270 e. The minimum atomic E-state index is -4.17. The number of benzene rings is 2. The third kappa shape index (κ3) is 5.20. The summed E-state index contributed by atoms with van der Waals surface area (Å²) in [5, 5.41) is 20.8. The average molecular weight is 676 g/mol. The van der Waals surface area contributed by atoms with Gasteiger partial charge in [0.15, 0.2) is 5.65 Å². The summed E-state index contributed by atoms with van der Waals surface area (Å²) in [6.45, 7) is 5.52. The predicted octanol–water partition coefficient (Wildman–Crippen LogP) is 5.79. The van der Waals surface area contributed by atoms with Gasteiger partial charge in [0.2, 0.25) is 5.89 Å². The lowest BCUT2D eigenvalue weighted by molar-refractivity contribution is -0.00921. The molecule has 2 unspecified atom stereocenters. The van der Waals surface area contributed by atoms with Crippen LogP contribution in [0.5, 0.6) is 5.75 Å². The Morgan fingerprint density at radius 2 is 1.76 bits per heavy atom. The van der Waals surface area contributed by atoms with Crippen LogP contribution < -0.4 is 4.90 Å². The van der Waals surface area contributed by atoms with Gasteiger partial charge in [-0.2, -0.15) is 5.26 Å². The number of pyridine rings is 2. The van der Waals surface area contributed by atoms with Gasteiger partial charge in [-0.15, -0.1) is 0 Å². The molecule has 0 spiro atoms. The van der Waals surface area contributed by atoms with Gasteiger partial charge in [0.05, 0.1) is 16.7 Å². The number of aromatic nitrogens is 4. The second-order valence-electron chi connectivity index (χ2n) is 12.6. The molecule has 3 fully saturated rings. The number of halogens is 1. The van der Waals surface area contributed by atoms with E-state index in [1.807, 2.05) is 19.1 Å². The number of phenols is 1. The molecule has 3 aliphatic heterocycles. The molecule has 1 N–H and O–H groups in total. The molecule has 11 nitrogen and oxygen atoms in total. The molecule has 2 atom stereocenters. The van der Waals surface area contributed by atoms with Gasteiger partial charge in [-0.05, 0) is 68.8 Å². The molecule has 246 valence electrons. The van der Waals surface area contributed by atoms with E-state index in [0.717, 1.165) is 34.9 Å². The number of phenolic OH excluding ortho intramolecular Hbond substituents is 1.